The molecule has 4 rings (SSSR count). The maximum Gasteiger partial charge on any atom is 0.295 e. The molecule has 0 bridgehead atoms. The van der Waals surface area contributed by atoms with Crippen LogP contribution in [0, 0.1) is 5.82 Å². The summed E-state index contributed by atoms with van der Waals surface area (Å²) in [5.74, 6) is -1.70. The highest BCUT2D eigenvalue weighted by molar-refractivity contribution is 6.46. The van der Waals surface area contributed by atoms with Gasteiger partial charge in [0.15, 0.2) is 0 Å². The Morgan fingerprint density at radius 1 is 1.16 bits per heavy atom. The lowest BCUT2D eigenvalue weighted by Crippen LogP contribution is -2.31. The number of ether oxygens (including phenoxy) is 1. The molecule has 7 nitrogen and oxygen atoms in total. The Hall–Kier alpha value is -3.94. The normalized spacial score (nSPS) is 17.7. The molecule has 8 heteroatoms. The number of ketones is 1. The summed E-state index contributed by atoms with van der Waals surface area (Å²) in [4.78, 5) is 31.4. The molecule has 0 aliphatic carbocycles. The van der Waals surface area contributed by atoms with Gasteiger partial charge < -0.3 is 19.3 Å². The Kier molecular flexibility index (Phi) is 6.02. The molecule has 1 amide bonds. The second-order valence-corrected chi connectivity index (χ2v) is 7.43. The van der Waals surface area contributed by atoms with E-state index in [4.69, 9.17) is 4.74 Å². The van der Waals surface area contributed by atoms with Crippen LogP contribution in [0.15, 0.2) is 72.8 Å². The number of hydrogen-bond acceptors (Lipinski definition) is 5. The first-order chi connectivity index (χ1) is 15.5. The first-order valence-electron chi connectivity index (χ1n) is 10.1. The number of nitrogens with zero attached hydrogens (tertiary/aromatic N) is 3. The van der Waals surface area contributed by atoms with E-state index >= 15 is 0 Å². The fourth-order valence-electron chi connectivity index (χ4n) is 3.87. The molecule has 0 unspecified atom stereocenters. The van der Waals surface area contributed by atoms with Crippen molar-refractivity contribution in [3.8, 4) is 5.75 Å². The van der Waals surface area contributed by atoms with E-state index in [1.807, 2.05) is 10.8 Å². The minimum absolute atomic E-state index is 0.0301. The quantitative estimate of drug-likeness (QED) is 0.349. The summed E-state index contributed by atoms with van der Waals surface area (Å²) in [7, 11) is 1.50. The number of methoxy groups -OCH3 is 1. The minimum atomic E-state index is -0.829. The predicted octanol–water partition coefficient (Wildman–Crippen LogP) is 3.54. The number of rotatable bonds is 7. The van der Waals surface area contributed by atoms with E-state index in [1.165, 1.54) is 36.3 Å². The summed E-state index contributed by atoms with van der Waals surface area (Å²) in [5.41, 5.74) is 0.864. The SMILES string of the molecule is COc1cccc(C(O)=C2C(=O)C(=O)N(CCCn3ccnc3)[C@@H]2c2ccc(F)cc2)c1. The number of carbonyl (C=O) groups excluding carboxylic acids is 2. The maximum absolute atomic E-state index is 13.6. The van der Waals surface area contributed by atoms with Crippen molar-refractivity contribution in [2.75, 3.05) is 13.7 Å². The van der Waals surface area contributed by atoms with Crippen molar-refractivity contribution in [2.45, 2.75) is 19.0 Å². The topological polar surface area (TPSA) is 84.7 Å². The Labute approximate surface area is 184 Å². The number of aryl methyl sites for hydroxylation is 1. The average molecular weight is 435 g/mol. The molecule has 1 saturated heterocycles. The molecule has 1 N–H and O–H groups in total. The lowest BCUT2D eigenvalue weighted by Gasteiger charge is -2.25. The predicted molar refractivity (Wildman–Crippen MR) is 115 cm³/mol. The Bertz CT molecular complexity index is 1160. The smallest absolute Gasteiger partial charge is 0.295 e. The third-order valence-electron chi connectivity index (χ3n) is 5.44. The van der Waals surface area contributed by atoms with Crippen molar-refractivity contribution in [3.63, 3.8) is 0 Å². The fourth-order valence-corrected chi connectivity index (χ4v) is 3.87. The lowest BCUT2D eigenvalue weighted by molar-refractivity contribution is -0.139. The van der Waals surface area contributed by atoms with Crippen molar-refractivity contribution in [3.05, 3.63) is 89.8 Å². The molecule has 1 fully saturated rings. The number of Topliss-reactive ketones (excluding diaryl/α,β-unsaturated/α-hetero) is 1. The molecular weight excluding hydrogens is 413 g/mol. The van der Waals surface area contributed by atoms with Gasteiger partial charge in [0.25, 0.3) is 11.7 Å². The van der Waals surface area contributed by atoms with E-state index in [-0.39, 0.29) is 17.9 Å². The summed E-state index contributed by atoms with van der Waals surface area (Å²) in [5, 5.41) is 11.0. The van der Waals surface area contributed by atoms with Crippen LogP contribution < -0.4 is 4.74 Å². The zero-order valence-electron chi connectivity index (χ0n) is 17.4. The number of amides is 1. The van der Waals surface area contributed by atoms with E-state index in [0.717, 1.165) is 0 Å². The van der Waals surface area contributed by atoms with E-state index in [1.54, 1.807) is 36.8 Å². The molecule has 32 heavy (non-hydrogen) atoms. The first kappa shape index (κ1) is 21.3. The number of carbonyl (C=O) groups is 2. The molecule has 0 radical (unpaired) electrons. The molecule has 0 spiro atoms. The van der Waals surface area contributed by atoms with Crippen molar-refractivity contribution < 1.29 is 23.8 Å². The van der Waals surface area contributed by atoms with Gasteiger partial charge in [0.1, 0.15) is 17.3 Å². The van der Waals surface area contributed by atoms with Crippen LogP contribution in [0.25, 0.3) is 5.76 Å². The van der Waals surface area contributed by atoms with Gasteiger partial charge in [-0.3, -0.25) is 9.59 Å². The highest BCUT2D eigenvalue weighted by Crippen LogP contribution is 2.39. The number of benzene rings is 2. The lowest BCUT2D eigenvalue weighted by atomic mass is 9.95. The minimum Gasteiger partial charge on any atom is -0.507 e. The third kappa shape index (κ3) is 4.12. The number of aromatic nitrogens is 2. The summed E-state index contributed by atoms with van der Waals surface area (Å²) in [6, 6.07) is 11.4. The van der Waals surface area contributed by atoms with Crippen molar-refractivity contribution in [1.29, 1.82) is 0 Å². The highest BCUT2D eigenvalue weighted by Gasteiger charge is 2.45. The average Bonchev–Trinajstić information content (AvgIpc) is 3.41. The third-order valence-corrected chi connectivity index (χ3v) is 5.44. The monoisotopic (exact) mass is 435 g/mol. The zero-order chi connectivity index (χ0) is 22.7. The summed E-state index contributed by atoms with van der Waals surface area (Å²) in [6.45, 7) is 0.884. The van der Waals surface area contributed by atoms with Gasteiger partial charge in [-0.2, -0.15) is 0 Å². The molecule has 1 aliphatic rings. The highest BCUT2D eigenvalue weighted by atomic mass is 19.1. The van der Waals surface area contributed by atoms with Crippen LogP contribution >= 0.6 is 0 Å². The largest absolute Gasteiger partial charge is 0.507 e. The van der Waals surface area contributed by atoms with Crippen LogP contribution in [-0.2, 0) is 16.1 Å². The van der Waals surface area contributed by atoms with Crippen LogP contribution in [0.2, 0.25) is 0 Å². The van der Waals surface area contributed by atoms with Gasteiger partial charge in [-0.15, -0.1) is 0 Å². The standard InChI is InChI=1S/C24H22FN3O4/c1-32-19-5-2-4-17(14-19)22(29)20-21(16-6-8-18(25)9-7-16)28(24(31)23(20)30)12-3-11-27-13-10-26-15-27/h2,4-10,13-15,21,29H,3,11-12H2,1H3/t21-/m1/s1. The summed E-state index contributed by atoms with van der Waals surface area (Å²) < 4.78 is 20.6. The van der Waals surface area contributed by atoms with Crippen LogP contribution in [0.5, 0.6) is 5.75 Å². The van der Waals surface area contributed by atoms with E-state index in [9.17, 15) is 19.1 Å². The molecule has 0 saturated carbocycles. The first-order valence-corrected chi connectivity index (χ1v) is 10.1. The number of imidazole rings is 1. The van der Waals surface area contributed by atoms with Gasteiger partial charge in [0, 0.05) is 31.0 Å². The Balaban J connectivity index is 1.73. The summed E-state index contributed by atoms with van der Waals surface area (Å²) in [6.07, 6.45) is 5.72. The van der Waals surface area contributed by atoms with Gasteiger partial charge >= 0.3 is 0 Å². The van der Waals surface area contributed by atoms with E-state index in [2.05, 4.69) is 4.98 Å². The van der Waals surface area contributed by atoms with Crippen LogP contribution in [0.4, 0.5) is 4.39 Å². The molecule has 1 aliphatic heterocycles. The van der Waals surface area contributed by atoms with Gasteiger partial charge in [-0.05, 0) is 36.2 Å². The van der Waals surface area contributed by atoms with Crippen LogP contribution in [0.3, 0.4) is 0 Å². The second kappa shape index (κ2) is 9.05. The summed E-state index contributed by atoms with van der Waals surface area (Å²) >= 11 is 0. The van der Waals surface area contributed by atoms with Gasteiger partial charge in [0.2, 0.25) is 0 Å². The Morgan fingerprint density at radius 3 is 2.62 bits per heavy atom. The molecule has 164 valence electrons. The van der Waals surface area contributed by atoms with Crippen molar-refractivity contribution in [2.24, 2.45) is 0 Å². The zero-order valence-corrected chi connectivity index (χ0v) is 17.4. The van der Waals surface area contributed by atoms with Crippen LogP contribution in [0.1, 0.15) is 23.6 Å². The molecule has 2 aromatic carbocycles. The molecule has 3 aromatic rings. The number of hydrogen-bond donors (Lipinski definition) is 1. The number of halogens is 1. The fraction of sp³-hybridized carbons (Fsp3) is 0.208. The maximum atomic E-state index is 13.6. The second-order valence-electron chi connectivity index (χ2n) is 7.43. The molecule has 2 heterocycles. The molecule has 1 aromatic heterocycles. The van der Waals surface area contributed by atoms with Gasteiger partial charge in [0.05, 0.1) is 25.1 Å². The van der Waals surface area contributed by atoms with Crippen LogP contribution in [-0.4, -0.2) is 44.9 Å². The number of aliphatic hydroxyl groups excluding tert-OH is 1. The van der Waals surface area contributed by atoms with E-state index in [0.29, 0.717) is 29.8 Å². The molecule has 1 atom stereocenters. The Morgan fingerprint density at radius 2 is 1.94 bits per heavy atom. The van der Waals surface area contributed by atoms with Gasteiger partial charge in [-0.1, -0.05) is 24.3 Å². The number of aliphatic hydroxyl groups is 1. The van der Waals surface area contributed by atoms with Crippen molar-refractivity contribution >= 4 is 17.4 Å². The molecular formula is C24H22FN3O4. The van der Waals surface area contributed by atoms with E-state index < -0.39 is 23.5 Å². The van der Waals surface area contributed by atoms with Gasteiger partial charge in [-0.25, -0.2) is 9.37 Å². The van der Waals surface area contributed by atoms with Crippen molar-refractivity contribution in [1.82, 2.24) is 14.5 Å². The number of likely N-dealkylation sites (tertiary alicyclic amines) is 1.